The van der Waals surface area contributed by atoms with Crippen molar-refractivity contribution in [3.8, 4) is 0 Å². The van der Waals surface area contributed by atoms with E-state index in [0.29, 0.717) is 13.0 Å². The molecule has 0 aliphatic heterocycles. The molecule has 0 aliphatic carbocycles. The molecule has 0 spiro atoms. The van der Waals surface area contributed by atoms with Crippen LogP contribution in [-0.4, -0.2) is 24.1 Å². The Morgan fingerprint density at radius 2 is 1.80 bits per heavy atom. The molecule has 2 amide bonds. The predicted octanol–water partition coefficient (Wildman–Crippen LogP) is 4.38. The molecule has 2 N–H and O–H groups in total. The van der Waals surface area contributed by atoms with Gasteiger partial charge < -0.3 is 10.6 Å². The number of anilines is 1. The first kappa shape index (κ1) is 19.5. The van der Waals surface area contributed by atoms with E-state index in [1.165, 1.54) is 0 Å². The first-order valence-electron chi connectivity index (χ1n) is 8.05. The van der Waals surface area contributed by atoms with Gasteiger partial charge in [-0.15, -0.1) is 11.8 Å². The van der Waals surface area contributed by atoms with E-state index in [9.17, 15) is 9.59 Å². The summed E-state index contributed by atoms with van der Waals surface area (Å²) in [6, 6.07) is 15.7. The zero-order valence-corrected chi connectivity index (χ0v) is 16.5. The van der Waals surface area contributed by atoms with Gasteiger partial charge in [0.05, 0.1) is 0 Å². The van der Waals surface area contributed by atoms with Gasteiger partial charge in [-0.25, -0.2) is 0 Å². The molecule has 2 aromatic carbocycles. The molecule has 0 aromatic heterocycles. The van der Waals surface area contributed by atoms with Crippen LogP contribution in [-0.2, 0) is 9.59 Å². The predicted molar refractivity (Wildman–Crippen MR) is 107 cm³/mol. The minimum absolute atomic E-state index is 0.0325. The summed E-state index contributed by atoms with van der Waals surface area (Å²) in [6.45, 7) is 2.28. The maximum absolute atomic E-state index is 12.0. The average Bonchev–Trinajstić information content (AvgIpc) is 2.59. The number of aryl methyl sites for hydroxylation is 1. The molecule has 2 aromatic rings. The van der Waals surface area contributed by atoms with Gasteiger partial charge in [-0.2, -0.15) is 0 Å². The second-order valence-electron chi connectivity index (χ2n) is 5.52. The Labute approximate surface area is 160 Å². The number of hydrogen-bond acceptors (Lipinski definition) is 3. The molecule has 0 atom stereocenters. The zero-order chi connectivity index (χ0) is 18.1. The molecule has 4 nitrogen and oxygen atoms in total. The summed E-state index contributed by atoms with van der Waals surface area (Å²) in [5, 5.41) is 5.65. The van der Waals surface area contributed by atoms with E-state index in [1.807, 2.05) is 55.5 Å². The molecule has 0 fully saturated rings. The Hall–Kier alpha value is -1.79. The lowest BCUT2D eigenvalue weighted by Crippen LogP contribution is -2.27. The Morgan fingerprint density at radius 1 is 1.04 bits per heavy atom. The molecule has 0 heterocycles. The van der Waals surface area contributed by atoms with Crippen molar-refractivity contribution in [1.82, 2.24) is 5.32 Å². The first-order valence-corrected chi connectivity index (χ1v) is 9.83. The average molecular weight is 421 g/mol. The highest BCUT2D eigenvalue weighted by Crippen LogP contribution is 2.20. The van der Waals surface area contributed by atoms with Crippen molar-refractivity contribution in [1.29, 1.82) is 0 Å². The summed E-state index contributed by atoms with van der Waals surface area (Å²) in [6.07, 6.45) is 0.690. The molecule has 0 saturated carbocycles. The second-order valence-corrected chi connectivity index (χ2v) is 7.60. The zero-order valence-electron chi connectivity index (χ0n) is 14.0. The van der Waals surface area contributed by atoms with Crippen LogP contribution < -0.4 is 10.6 Å². The Balaban J connectivity index is 1.63. The summed E-state index contributed by atoms with van der Waals surface area (Å²) in [5.41, 5.74) is 1.78. The minimum atomic E-state index is -0.111. The van der Waals surface area contributed by atoms with Crippen molar-refractivity contribution >= 4 is 45.2 Å². The van der Waals surface area contributed by atoms with Crippen LogP contribution in [0.4, 0.5) is 5.69 Å². The van der Waals surface area contributed by atoms with E-state index in [-0.39, 0.29) is 18.2 Å². The highest BCUT2D eigenvalue weighted by Gasteiger charge is 2.07. The second kappa shape index (κ2) is 10.3. The highest BCUT2D eigenvalue weighted by atomic mass is 79.9. The number of halogens is 1. The first-order chi connectivity index (χ1) is 12.0. The number of benzene rings is 2. The summed E-state index contributed by atoms with van der Waals surface area (Å²) < 4.78 is 0.914. The molecule has 0 unspecified atom stereocenters. The third-order valence-corrected chi connectivity index (χ3v) is 5.00. The molecular formula is C19H21BrN2O2S. The Bertz CT molecular complexity index is 723. The quantitative estimate of drug-likeness (QED) is 0.622. The topological polar surface area (TPSA) is 58.2 Å². The monoisotopic (exact) mass is 420 g/mol. The minimum Gasteiger partial charge on any atom is -0.356 e. The lowest BCUT2D eigenvalue weighted by Gasteiger charge is -2.09. The van der Waals surface area contributed by atoms with Crippen LogP contribution in [0.3, 0.4) is 0 Å². The van der Waals surface area contributed by atoms with Gasteiger partial charge in [0.25, 0.3) is 0 Å². The van der Waals surface area contributed by atoms with Crippen LogP contribution in [0.25, 0.3) is 0 Å². The third-order valence-electron chi connectivity index (χ3n) is 3.49. The van der Waals surface area contributed by atoms with Gasteiger partial charge in [-0.05, 0) is 36.8 Å². The van der Waals surface area contributed by atoms with E-state index in [0.717, 1.165) is 26.4 Å². The van der Waals surface area contributed by atoms with Crippen LogP contribution in [0.5, 0.6) is 0 Å². The highest BCUT2D eigenvalue weighted by molar-refractivity contribution is 9.10. The van der Waals surface area contributed by atoms with Crippen molar-refractivity contribution in [2.45, 2.75) is 24.7 Å². The molecule has 0 aliphatic rings. The number of carbonyl (C=O) groups is 2. The van der Waals surface area contributed by atoms with Gasteiger partial charge in [0.15, 0.2) is 0 Å². The SMILES string of the molecule is Cc1ccc(Br)cc1NC(=O)CCNC(=O)CCSc1ccccc1. The fourth-order valence-corrected chi connectivity index (χ4v) is 3.36. The van der Waals surface area contributed by atoms with Crippen molar-refractivity contribution in [3.63, 3.8) is 0 Å². The van der Waals surface area contributed by atoms with Crippen molar-refractivity contribution < 1.29 is 9.59 Å². The third kappa shape index (κ3) is 7.32. The molecule has 6 heteroatoms. The lowest BCUT2D eigenvalue weighted by molar-refractivity contribution is -0.120. The maximum Gasteiger partial charge on any atom is 0.226 e. The van der Waals surface area contributed by atoms with Crippen LogP contribution in [0.15, 0.2) is 57.9 Å². The fourth-order valence-electron chi connectivity index (χ4n) is 2.12. The normalized spacial score (nSPS) is 10.3. The largest absolute Gasteiger partial charge is 0.356 e. The van der Waals surface area contributed by atoms with Crippen LogP contribution in [0.1, 0.15) is 18.4 Å². The lowest BCUT2D eigenvalue weighted by atomic mass is 10.2. The molecule has 0 saturated heterocycles. The summed E-state index contributed by atoms with van der Waals surface area (Å²) >= 11 is 5.04. The summed E-state index contributed by atoms with van der Waals surface area (Å²) in [5.74, 6) is 0.578. The number of amides is 2. The van der Waals surface area contributed by atoms with E-state index >= 15 is 0 Å². The van der Waals surface area contributed by atoms with E-state index in [4.69, 9.17) is 0 Å². The number of carbonyl (C=O) groups excluding carboxylic acids is 2. The van der Waals surface area contributed by atoms with Crippen molar-refractivity contribution in [2.24, 2.45) is 0 Å². The van der Waals surface area contributed by atoms with Crippen molar-refractivity contribution in [2.75, 3.05) is 17.6 Å². The van der Waals surface area contributed by atoms with Gasteiger partial charge in [0.2, 0.25) is 11.8 Å². The summed E-state index contributed by atoms with van der Waals surface area (Å²) in [7, 11) is 0. The molecule has 0 radical (unpaired) electrons. The molecule has 132 valence electrons. The van der Waals surface area contributed by atoms with E-state index < -0.39 is 0 Å². The maximum atomic E-state index is 12.0. The Morgan fingerprint density at radius 3 is 2.56 bits per heavy atom. The van der Waals surface area contributed by atoms with Gasteiger partial charge >= 0.3 is 0 Å². The standard InChI is InChI=1S/C19H21BrN2O2S/c1-14-7-8-15(20)13-17(14)22-19(24)9-11-21-18(23)10-12-25-16-5-3-2-4-6-16/h2-8,13H,9-12H2,1H3,(H,21,23)(H,22,24). The van der Waals surface area contributed by atoms with Gasteiger partial charge in [0, 0.05) is 40.2 Å². The van der Waals surface area contributed by atoms with Crippen molar-refractivity contribution in [3.05, 3.63) is 58.6 Å². The molecular weight excluding hydrogens is 400 g/mol. The Kier molecular flexibility index (Phi) is 8.01. The molecule has 0 bridgehead atoms. The fraction of sp³-hybridized carbons (Fsp3) is 0.263. The van der Waals surface area contributed by atoms with E-state index in [2.05, 4.69) is 26.6 Å². The summed E-state index contributed by atoms with van der Waals surface area (Å²) in [4.78, 5) is 24.9. The molecule has 25 heavy (non-hydrogen) atoms. The smallest absolute Gasteiger partial charge is 0.226 e. The number of thioether (sulfide) groups is 1. The van der Waals surface area contributed by atoms with Crippen LogP contribution in [0.2, 0.25) is 0 Å². The van der Waals surface area contributed by atoms with Gasteiger partial charge in [-0.3, -0.25) is 9.59 Å². The molecule has 2 rings (SSSR count). The van der Waals surface area contributed by atoms with E-state index in [1.54, 1.807) is 11.8 Å². The van der Waals surface area contributed by atoms with Crippen LogP contribution in [0, 0.1) is 6.92 Å². The van der Waals surface area contributed by atoms with Crippen LogP contribution >= 0.6 is 27.7 Å². The number of rotatable bonds is 8. The van der Waals surface area contributed by atoms with Gasteiger partial charge in [0.1, 0.15) is 0 Å². The number of nitrogens with one attached hydrogen (secondary N) is 2. The number of hydrogen-bond donors (Lipinski definition) is 2. The van der Waals surface area contributed by atoms with Gasteiger partial charge in [-0.1, -0.05) is 40.2 Å².